The number of amides is 1. The Bertz CT molecular complexity index is 1280. The van der Waals surface area contributed by atoms with Gasteiger partial charge in [-0.3, -0.25) is 4.79 Å². The number of alkyl halides is 3. The van der Waals surface area contributed by atoms with Gasteiger partial charge in [-0.1, -0.05) is 35.9 Å². The molecule has 0 aliphatic rings. The minimum Gasteiger partial charge on any atom is -0.456 e. The highest BCUT2D eigenvalue weighted by molar-refractivity contribution is 8.00. The largest absolute Gasteiger partial charge is 0.456 e. The Labute approximate surface area is 196 Å². The van der Waals surface area contributed by atoms with Crippen LogP contribution >= 0.6 is 23.4 Å². The predicted octanol–water partition coefficient (Wildman–Crippen LogP) is 5.57. The zero-order valence-electron chi connectivity index (χ0n) is 16.6. The summed E-state index contributed by atoms with van der Waals surface area (Å²) in [5.41, 5.74) is -4.26. The molecule has 3 aromatic carbocycles. The lowest BCUT2D eigenvalue weighted by atomic mass is 10.1. The second kappa shape index (κ2) is 10.0. The molecule has 0 atom stereocenters. The Morgan fingerprint density at radius 1 is 1.06 bits per heavy atom. The standard InChI is InChI=1S/C21H16ClF3N2O4S2/c22-14-5-3-6-16(11-14)31-17-9-8-15(12-19(17)33(26,29)30)27-20(28)10-13-4-1-2-7-18(13)32-21(23,24)25/h1-9,11-12H,10H2,(H,27,28)(H2,26,29,30). The number of halogens is 4. The van der Waals surface area contributed by atoms with Gasteiger partial charge in [0.1, 0.15) is 16.4 Å². The van der Waals surface area contributed by atoms with E-state index < -0.39 is 26.3 Å². The van der Waals surface area contributed by atoms with E-state index in [9.17, 15) is 26.4 Å². The van der Waals surface area contributed by atoms with Crippen molar-refractivity contribution in [1.29, 1.82) is 0 Å². The molecule has 1 amide bonds. The van der Waals surface area contributed by atoms with E-state index in [1.807, 2.05) is 0 Å². The second-order valence-electron chi connectivity index (χ2n) is 6.65. The van der Waals surface area contributed by atoms with E-state index in [-0.39, 0.29) is 45.8 Å². The monoisotopic (exact) mass is 516 g/mol. The fraction of sp³-hybridized carbons (Fsp3) is 0.0952. The van der Waals surface area contributed by atoms with Crippen molar-refractivity contribution in [2.45, 2.75) is 21.7 Å². The van der Waals surface area contributed by atoms with Crippen molar-refractivity contribution in [3.05, 3.63) is 77.3 Å². The van der Waals surface area contributed by atoms with Gasteiger partial charge in [0, 0.05) is 15.6 Å². The van der Waals surface area contributed by atoms with Gasteiger partial charge in [-0.05, 0) is 59.8 Å². The van der Waals surface area contributed by atoms with Crippen LogP contribution in [0.1, 0.15) is 5.56 Å². The lowest BCUT2D eigenvalue weighted by Crippen LogP contribution is -2.17. The molecule has 174 valence electrons. The van der Waals surface area contributed by atoms with Crippen molar-refractivity contribution in [2.75, 3.05) is 5.32 Å². The average molecular weight is 517 g/mol. The summed E-state index contributed by atoms with van der Waals surface area (Å²) in [4.78, 5) is 11.9. The number of benzene rings is 3. The van der Waals surface area contributed by atoms with Gasteiger partial charge in [-0.25, -0.2) is 13.6 Å². The van der Waals surface area contributed by atoms with Crippen LogP contribution in [0.25, 0.3) is 0 Å². The smallest absolute Gasteiger partial charge is 0.446 e. The van der Waals surface area contributed by atoms with Crippen LogP contribution in [0, 0.1) is 0 Å². The van der Waals surface area contributed by atoms with Gasteiger partial charge in [0.2, 0.25) is 15.9 Å². The molecule has 0 aliphatic carbocycles. The number of sulfonamides is 1. The summed E-state index contributed by atoms with van der Waals surface area (Å²) in [6, 6.07) is 15.7. The summed E-state index contributed by atoms with van der Waals surface area (Å²) in [5.74, 6) is -0.471. The number of ether oxygens (including phenoxy) is 1. The first-order valence-electron chi connectivity index (χ1n) is 9.14. The molecule has 0 aromatic heterocycles. The normalized spacial score (nSPS) is 11.8. The second-order valence-corrected chi connectivity index (χ2v) is 9.72. The van der Waals surface area contributed by atoms with E-state index in [0.717, 1.165) is 6.07 Å². The van der Waals surface area contributed by atoms with Crippen LogP contribution in [0.3, 0.4) is 0 Å². The highest BCUT2D eigenvalue weighted by atomic mass is 35.5. The molecule has 6 nitrogen and oxygen atoms in total. The summed E-state index contributed by atoms with van der Waals surface area (Å²) >= 11 is 5.59. The lowest BCUT2D eigenvalue weighted by Gasteiger charge is -2.13. The van der Waals surface area contributed by atoms with Crippen molar-refractivity contribution in [3.63, 3.8) is 0 Å². The third-order valence-electron chi connectivity index (χ3n) is 4.11. The van der Waals surface area contributed by atoms with E-state index in [1.54, 1.807) is 18.2 Å². The van der Waals surface area contributed by atoms with Crippen molar-refractivity contribution in [1.82, 2.24) is 0 Å². The van der Waals surface area contributed by atoms with Gasteiger partial charge in [0.25, 0.3) is 0 Å². The van der Waals surface area contributed by atoms with Crippen molar-refractivity contribution in [3.8, 4) is 11.5 Å². The van der Waals surface area contributed by atoms with Crippen LogP contribution in [0.2, 0.25) is 5.02 Å². The van der Waals surface area contributed by atoms with Gasteiger partial charge < -0.3 is 10.1 Å². The third-order valence-corrected chi connectivity index (χ3v) is 6.12. The Morgan fingerprint density at radius 2 is 1.79 bits per heavy atom. The maximum Gasteiger partial charge on any atom is 0.446 e. The Balaban J connectivity index is 1.81. The topological polar surface area (TPSA) is 98.5 Å². The Morgan fingerprint density at radius 3 is 2.45 bits per heavy atom. The molecule has 33 heavy (non-hydrogen) atoms. The summed E-state index contributed by atoms with van der Waals surface area (Å²) in [6.07, 6.45) is -0.356. The average Bonchev–Trinajstić information content (AvgIpc) is 2.69. The molecular weight excluding hydrogens is 501 g/mol. The van der Waals surface area contributed by atoms with Crippen LogP contribution in [-0.4, -0.2) is 19.8 Å². The molecule has 0 saturated carbocycles. The minimum absolute atomic E-state index is 0.0726. The van der Waals surface area contributed by atoms with Crippen LogP contribution in [-0.2, 0) is 21.2 Å². The van der Waals surface area contributed by atoms with E-state index in [0.29, 0.717) is 5.02 Å². The van der Waals surface area contributed by atoms with Crippen molar-refractivity contribution < 1.29 is 31.1 Å². The number of nitrogens with one attached hydrogen (secondary N) is 1. The maximum absolute atomic E-state index is 12.8. The molecule has 3 aromatic rings. The number of rotatable bonds is 7. The summed E-state index contributed by atoms with van der Waals surface area (Å²) in [6.45, 7) is 0. The number of hydrogen-bond donors (Lipinski definition) is 2. The molecule has 0 aliphatic heterocycles. The van der Waals surface area contributed by atoms with Crippen LogP contribution in [0.5, 0.6) is 11.5 Å². The lowest BCUT2D eigenvalue weighted by molar-refractivity contribution is -0.115. The summed E-state index contributed by atoms with van der Waals surface area (Å²) in [5, 5.41) is 8.13. The first-order chi connectivity index (χ1) is 15.4. The maximum atomic E-state index is 12.8. The fourth-order valence-electron chi connectivity index (χ4n) is 2.80. The molecule has 3 N–H and O–H groups in total. The van der Waals surface area contributed by atoms with E-state index >= 15 is 0 Å². The zero-order valence-corrected chi connectivity index (χ0v) is 19.0. The highest BCUT2D eigenvalue weighted by Crippen LogP contribution is 2.38. The van der Waals surface area contributed by atoms with Gasteiger partial charge in [0.05, 0.1) is 6.42 Å². The first kappa shape index (κ1) is 24.9. The summed E-state index contributed by atoms with van der Waals surface area (Å²) < 4.78 is 68.0. The number of anilines is 1. The van der Waals surface area contributed by atoms with Crippen molar-refractivity contribution in [2.24, 2.45) is 5.14 Å². The minimum atomic E-state index is -4.50. The molecule has 0 unspecified atom stereocenters. The highest BCUT2D eigenvalue weighted by Gasteiger charge is 2.30. The third kappa shape index (κ3) is 7.39. The van der Waals surface area contributed by atoms with Gasteiger partial charge in [-0.15, -0.1) is 0 Å². The molecule has 0 radical (unpaired) electrons. The number of primary sulfonamides is 1. The summed E-state index contributed by atoms with van der Waals surface area (Å²) in [7, 11) is -4.25. The SMILES string of the molecule is NS(=O)(=O)c1cc(NC(=O)Cc2ccccc2SC(F)(F)F)ccc1Oc1cccc(Cl)c1. The molecule has 0 saturated heterocycles. The Kier molecular flexibility index (Phi) is 7.58. The van der Waals surface area contributed by atoms with Crippen molar-refractivity contribution >= 4 is 45.0 Å². The number of carbonyl (C=O) groups is 1. The first-order valence-corrected chi connectivity index (χ1v) is 11.9. The van der Waals surface area contributed by atoms with Crippen LogP contribution < -0.4 is 15.2 Å². The van der Waals surface area contributed by atoms with Crippen LogP contribution in [0.15, 0.2) is 76.5 Å². The van der Waals surface area contributed by atoms with Gasteiger partial charge >= 0.3 is 5.51 Å². The number of thioether (sulfide) groups is 1. The fourth-order valence-corrected chi connectivity index (χ4v) is 4.33. The number of nitrogens with two attached hydrogens (primary N) is 1. The number of hydrogen-bond acceptors (Lipinski definition) is 5. The Hall–Kier alpha value is -2.73. The van der Waals surface area contributed by atoms with Gasteiger partial charge in [-0.2, -0.15) is 13.2 Å². The van der Waals surface area contributed by atoms with E-state index in [2.05, 4.69) is 5.32 Å². The molecular formula is C21H16ClF3N2O4S2. The van der Waals surface area contributed by atoms with Gasteiger partial charge in [0.15, 0.2) is 0 Å². The molecule has 0 spiro atoms. The molecule has 3 rings (SSSR count). The quantitative estimate of drug-likeness (QED) is 0.400. The number of carbonyl (C=O) groups excluding carboxylic acids is 1. The predicted molar refractivity (Wildman–Crippen MR) is 120 cm³/mol. The molecule has 0 fully saturated rings. The molecule has 0 bridgehead atoms. The van der Waals surface area contributed by atoms with Crippen LogP contribution in [0.4, 0.5) is 18.9 Å². The molecule has 12 heteroatoms. The molecule has 0 heterocycles. The zero-order chi connectivity index (χ0) is 24.2. The van der Waals surface area contributed by atoms with E-state index in [4.69, 9.17) is 21.5 Å². The van der Waals surface area contributed by atoms with E-state index in [1.165, 1.54) is 42.5 Å².